The van der Waals surface area contributed by atoms with Crippen LogP contribution >= 0.6 is 0 Å². The number of nitrogens with one attached hydrogen (secondary N) is 2. The van der Waals surface area contributed by atoms with Crippen molar-refractivity contribution in [2.45, 2.75) is 32.4 Å². The average Bonchev–Trinajstić information content (AvgIpc) is 3.25. The first-order valence-electron chi connectivity index (χ1n) is 8.25. The van der Waals surface area contributed by atoms with Gasteiger partial charge < -0.3 is 9.88 Å². The summed E-state index contributed by atoms with van der Waals surface area (Å²) >= 11 is 0. The van der Waals surface area contributed by atoms with Crippen LogP contribution in [0.1, 0.15) is 30.3 Å². The van der Waals surface area contributed by atoms with Crippen molar-refractivity contribution in [1.82, 2.24) is 29.9 Å². The highest BCUT2D eigenvalue weighted by Gasteiger charge is 2.26. The molecule has 1 aliphatic carbocycles. The molecule has 25 heavy (non-hydrogen) atoms. The van der Waals surface area contributed by atoms with Crippen LogP contribution in [0.2, 0.25) is 0 Å². The molecule has 8 nitrogen and oxygen atoms in total. The Morgan fingerprint density at radius 1 is 1.28 bits per heavy atom. The minimum absolute atomic E-state index is 0.313. The van der Waals surface area contributed by atoms with Gasteiger partial charge in [-0.3, -0.25) is 5.32 Å². The number of urea groups is 1. The van der Waals surface area contributed by atoms with E-state index >= 15 is 0 Å². The lowest BCUT2D eigenvalue weighted by atomic mass is 10.3. The lowest BCUT2D eigenvalue weighted by molar-refractivity contribution is 0.251. The van der Waals surface area contributed by atoms with Gasteiger partial charge in [-0.2, -0.15) is 0 Å². The van der Waals surface area contributed by atoms with E-state index in [4.69, 9.17) is 0 Å². The fraction of sp³-hybridized carbons (Fsp3) is 0.294. The summed E-state index contributed by atoms with van der Waals surface area (Å²) in [6.07, 6.45) is 5.90. The summed E-state index contributed by atoms with van der Waals surface area (Å²) in [5.41, 5.74) is 1.83. The largest absolute Gasteiger partial charge is 0.331 e. The van der Waals surface area contributed by atoms with Gasteiger partial charge in [0.05, 0.1) is 12.2 Å². The van der Waals surface area contributed by atoms with Crippen LogP contribution < -0.4 is 10.6 Å². The average molecular weight is 337 g/mol. The minimum atomic E-state index is -0.313. The molecule has 0 unspecified atom stereocenters. The fourth-order valence-corrected chi connectivity index (χ4v) is 2.66. The number of rotatable bonds is 5. The van der Waals surface area contributed by atoms with Crippen molar-refractivity contribution in [2.75, 3.05) is 5.32 Å². The molecule has 8 heteroatoms. The predicted octanol–water partition coefficient (Wildman–Crippen LogP) is 2.43. The molecule has 1 aliphatic rings. The maximum absolute atomic E-state index is 12.2. The van der Waals surface area contributed by atoms with E-state index < -0.39 is 0 Å². The molecule has 1 aromatic carbocycles. The molecule has 1 saturated carbocycles. The van der Waals surface area contributed by atoms with Crippen molar-refractivity contribution >= 4 is 11.8 Å². The fourth-order valence-electron chi connectivity index (χ4n) is 2.66. The summed E-state index contributed by atoms with van der Waals surface area (Å²) in [7, 11) is 0. The number of carbonyl (C=O) groups excluding carboxylic acids is 1. The van der Waals surface area contributed by atoms with Gasteiger partial charge in [-0.05, 0) is 31.9 Å². The Morgan fingerprint density at radius 2 is 2.08 bits per heavy atom. The molecule has 2 N–H and O–H groups in total. The number of nitrogens with zero attached hydrogens (tertiary/aromatic N) is 5. The van der Waals surface area contributed by atoms with E-state index in [9.17, 15) is 4.79 Å². The van der Waals surface area contributed by atoms with E-state index in [0.29, 0.717) is 18.4 Å². The highest BCUT2D eigenvalue weighted by atomic mass is 16.2. The highest BCUT2D eigenvalue weighted by molar-refractivity contribution is 5.88. The number of aromatic nitrogens is 5. The summed E-state index contributed by atoms with van der Waals surface area (Å²) in [4.78, 5) is 12.2. The van der Waals surface area contributed by atoms with Gasteiger partial charge in [0.2, 0.25) is 0 Å². The van der Waals surface area contributed by atoms with Crippen LogP contribution in [0.5, 0.6) is 0 Å². The molecule has 3 aromatic rings. The van der Waals surface area contributed by atoms with Gasteiger partial charge >= 0.3 is 6.03 Å². The van der Waals surface area contributed by atoms with Gasteiger partial charge in [0.25, 0.3) is 0 Å². The third-order valence-electron chi connectivity index (χ3n) is 4.14. The Bertz CT molecular complexity index is 880. The first-order valence-corrected chi connectivity index (χ1v) is 8.25. The summed E-state index contributed by atoms with van der Waals surface area (Å²) < 4.78 is 3.77. The number of anilines is 1. The molecule has 0 atom stereocenters. The van der Waals surface area contributed by atoms with E-state index in [2.05, 4.69) is 25.9 Å². The number of amides is 2. The van der Waals surface area contributed by atoms with Crippen LogP contribution in [-0.2, 0) is 6.54 Å². The summed E-state index contributed by atoms with van der Waals surface area (Å²) in [5, 5.41) is 18.0. The molecule has 0 aliphatic heterocycles. The molecule has 0 spiro atoms. The number of benzene rings is 1. The van der Waals surface area contributed by atoms with Crippen molar-refractivity contribution < 1.29 is 4.79 Å². The van der Waals surface area contributed by atoms with Gasteiger partial charge in [0, 0.05) is 17.8 Å². The van der Waals surface area contributed by atoms with Crippen LogP contribution in [0.15, 0.2) is 42.9 Å². The molecule has 2 amide bonds. The molecular weight excluding hydrogens is 318 g/mol. The van der Waals surface area contributed by atoms with E-state index in [1.54, 1.807) is 11.0 Å². The van der Waals surface area contributed by atoms with Crippen molar-refractivity contribution in [2.24, 2.45) is 0 Å². The second-order valence-corrected chi connectivity index (χ2v) is 6.13. The van der Waals surface area contributed by atoms with E-state index in [-0.39, 0.29) is 6.03 Å². The smallest absolute Gasteiger partial charge is 0.320 e. The lowest BCUT2D eigenvalue weighted by Crippen LogP contribution is -2.29. The quantitative estimate of drug-likeness (QED) is 0.748. The van der Waals surface area contributed by atoms with Crippen LogP contribution in [0.25, 0.3) is 5.69 Å². The number of carbonyl (C=O) groups is 1. The van der Waals surface area contributed by atoms with Gasteiger partial charge in [-0.15, -0.1) is 15.3 Å². The normalized spacial score (nSPS) is 13.6. The minimum Gasteiger partial charge on any atom is -0.331 e. The zero-order valence-electron chi connectivity index (χ0n) is 13.9. The molecular formula is C17H19N7O. The number of hydrogen-bond donors (Lipinski definition) is 2. The zero-order chi connectivity index (χ0) is 17.2. The van der Waals surface area contributed by atoms with Crippen molar-refractivity contribution in [3.63, 3.8) is 0 Å². The second-order valence-electron chi connectivity index (χ2n) is 6.13. The lowest BCUT2D eigenvalue weighted by Gasteiger charge is -2.07. The maximum Gasteiger partial charge on any atom is 0.320 e. The Kier molecular flexibility index (Phi) is 3.93. The van der Waals surface area contributed by atoms with Crippen LogP contribution in [0.4, 0.5) is 10.6 Å². The van der Waals surface area contributed by atoms with Crippen molar-refractivity contribution in [1.29, 1.82) is 0 Å². The summed E-state index contributed by atoms with van der Waals surface area (Å²) in [5.74, 6) is 1.30. The van der Waals surface area contributed by atoms with Crippen molar-refractivity contribution in [3.05, 3.63) is 54.2 Å². The van der Waals surface area contributed by atoms with Gasteiger partial charge in [0.1, 0.15) is 6.33 Å². The van der Waals surface area contributed by atoms with Gasteiger partial charge in [-0.25, -0.2) is 9.48 Å². The predicted molar refractivity (Wildman–Crippen MR) is 92.5 cm³/mol. The molecule has 1 fully saturated rings. The molecule has 0 bridgehead atoms. The third kappa shape index (κ3) is 3.37. The first kappa shape index (κ1) is 15.4. The van der Waals surface area contributed by atoms with Crippen LogP contribution in [0.3, 0.4) is 0 Å². The number of hydrogen-bond acceptors (Lipinski definition) is 4. The summed E-state index contributed by atoms with van der Waals surface area (Å²) in [6, 6.07) is 9.93. The first-order chi connectivity index (χ1) is 12.2. The van der Waals surface area contributed by atoms with Crippen molar-refractivity contribution in [3.8, 4) is 5.69 Å². The molecule has 2 aromatic heterocycles. The number of para-hydroxylation sites is 1. The molecule has 128 valence electrons. The van der Waals surface area contributed by atoms with E-state index in [1.807, 2.05) is 48.0 Å². The zero-order valence-corrected chi connectivity index (χ0v) is 13.9. The third-order valence-corrected chi connectivity index (χ3v) is 4.14. The van der Waals surface area contributed by atoms with E-state index in [1.165, 1.54) is 0 Å². The van der Waals surface area contributed by atoms with Gasteiger partial charge in [0.15, 0.2) is 11.6 Å². The second kappa shape index (κ2) is 6.39. The topological polar surface area (TPSA) is 89.7 Å². The molecule has 0 radical (unpaired) electrons. The standard InChI is InChI=1S/C17H19N7O/c1-12-10-24(14-5-3-2-4-6-14)22-16(12)20-17(25)18-9-15-21-19-11-23(15)13-7-8-13/h2-6,10-11,13H,7-9H2,1H3,(H2,18,20,22,25). The maximum atomic E-state index is 12.2. The van der Waals surface area contributed by atoms with Crippen LogP contribution in [-0.4, -0.2) is 30.6 Å². The SMILES string of the molecule is Cc1cn(-c2ccccc2)nc1NC(=O)NCc1nncn1C1CC1. The Labute approximate surface area is 144 Å². The Morgan fingerprint density at radius 3 is 2.84 bits per heavy atom. The summed E-state index contributed by atoms with van der Waals surface area (Å²) in [6.45, 7) is 2.24. The number of aryl methyl sites for hydroxylation is 1. The van der Waals surface area contributed by atoms with Crippen LogP contribution in [0, 0.1) is 6.92 Å². The molecule has 0 saturated heterocycles. The van der Waals surface area contributed by atoms with E-state index in [0.717, 1.165) is 29.9 Å². The molecule has 4 rings (SSSR count). The Hall–Kier alpha value is -3.16. The van der Waals surface area contributed by atoms with Gasteiger partial charge in [-0.1, -0.05) is 18.2 Å². The monoisotopic (exact) mass is 337 g/mol. The Balaban J connectivity index is 1.39. The highest BCUT2D eigenvalue weighted by Crippen LogP contribution is 2.35. The molecule has 2 heterocycles.